The minimum absolute atomic E-state index is 0.0493. The quantitative estimate of drug-likeness (QED) is 0.189. The lowest BCUT2D eigenvalue weighted by molar-refractivity contribution is 0.194. The van der Waals surface area contributed by atoms with Gasteiger partial charge in [-0.3, -0.25) is 0 Å². The fourth-order valence-electron chi connectivity index (χ4n) is 10.6. The molecule has 1 saturated carbocycles. The van der Waals surface area contributed by atoms with E-state index in [1.165, 1.54) is 102 Å². The molecule has 0 amide bonds. The van der Waals surface area contributed by atoms with E-state index in [1.54, 1.807) is 27.8 Å². The third-order valence-electron chi connectivity index (χ3n) is 13.0. The second-order valence-corrected chi connectivity index (χ2v) is 15.1. The Hall–Kier alpha value is -4.24. The first-order chi connectivity index (χ1) is 22.5. The average molecular weight is 597 g/mol. The molecule has 10 rings (SSSR count). The molecule has 2 atom stereocenters. The normalized spacial score (nSPS) is 23.3. The lowest BCUT2D eigenvalue weighted by Gasteiger charge is -2.52. The summed E-state index contributed by atoms with van der Waals surface area (Å²) in [6.07, 6.45) is 10.3. The van der Waals surface area contributed by atoms with Crippen molar-refractivity contribution in [2.24, 2.45) is 0 Å². The number of fused-ring (bicyclic) bond motifs is 9. The summed E-state index contributed by atoms with van der Waals surface area (Å²) in [5.74, 6) is 0. The number of aryl methyl sites for hydroxylation is 1. The maximum Gasteiger partial charge on any atom is 0.252 e. The molecule has 5 aliphatic rings. The summed E-state index contributed by atoms with van der Waals surface area (Å²) < 4.78 is 0. The van der Waals surface area contributed by atoms with Gasteiger partial charge in [-0.05, 0) is 125 Å². The summed E-state index contributed by atoms with van der Waals surface area (Å²) in [7, 11) is 2.29. The van der Waals surface area contributed by atoms with Gasteiger partial charge in [-0.25, -0.2) is 0 Å². The Balaban J connectivity index is 1.29. The van der Waals surface area contributed by atoms with Gasteiger partial charge in [0.05, 0.1) is 5.54 Å². The molecule has 2 aliphatic carbocycles. The molecule has 3 heterocycles. The Morgan fingerprint density at radius 2 is 1.33 bits per heavy atom. The fraction of sp³-hybridized carbons (Fsp3) is 0.302. The van der Waals surface area contributed by atoms with Crippen LogP contribution in [0.2, 0.25) is 0 Å². The van der Waals surface area contributed by atoms with Crippen molar-refractivity contribution in [3.63, 3.8) is 0 Å². The van der Waals surface area contributed by atoms with Crippen LogP contribution in [0.5, 0.6) is 0 Å². The molecule has 226 valence electrons. The van der Waals surface area contributed by atoms with Crippen molar-refractivity contribution >= 4 is 45.9 Å². The van der Waals surface area contributed by atoms with Gasteiger partial charge in [0.15, 0.2) is 0 Å². The number of nitrogens with zero attached hydrogens (tertiary/aromatic N) is 2. The average Bonchev–Trinajstić information content (AvgIpc) is 3.33. The van der Waals surface area contributed by atoms with Crippen LogP contribution in [-0.2, 0) is 18.3 Å². The molecule has 3 aliphatic heterocycles. The highest BCUT2D eigenvalue weighted by molar-refractivity contribution is 7.00. The van der Waals surface area contributed by atoms with Crippen LogP contribution in [0.25, 0.3) is 22.3 Å². The molecule has 0 bridgehead atoms. The Labute approximate surface area is 274 Å². The number of rotatable bonds is 2. The highest BCUT2D eigenvalue weighted by Gasteiger charge is 2.62. The van der Waals surface area contributed by atoms with Gasteiger partial charge in [0.25, 0.3) is 6.71 Å². The minimum Gasteiger partial charge on any atom is -0.345 e. The van der Waals surface area contributed by atoms with Crippen LogP contribution in [-0.4, -0.2) is 19.3 Å². The molecule has 2 nitrogen and oxygen atoms in total. The molecule has 5 aromatic rings. The van der Waals surface area contributed by atoms with Gasteiger partial charge >= 0.3 is 0 Å². The first kappa shape index (κ1) is 26.9. The molecule has 0 radical (unpaired) electrons. The predicted molar refractivity (Wildman–Crippen MR) is 196 cm³/mol. The van der Waals surface area contributed by atoms with Gasteiger partial charge in [0.1, 0.15) is 0 Å². The van der Waals surface area contributed by atoms with E-state index >= 15 is 0 Å². The molecule has 3 heteroatoms. The number of para-hydroxylation sites is 1. The molecule has 1 unspecified atom stereocenters. The second-order valence-electron chi connectivity index (χ2n) is 15.1. The lowest BCUT2D eigenvalue weighted by atomic mass is 9.33. The summed E-state index contributed by atoms with van der Waals surface area (Å²) in [5, 5.41) is 0. The zero-order valence-corrected chi connectivity index (χ0v) is 27.4. The zero-order valence-electron chi connectivity index (χ0n) is 27.4. The minimum atomic E-state index is 0.0493. The molecule has 0 N–H and O–H groups in total. The summed E-state index contributed by atoms with van der Waals surface area (Å²) in [6, 6.07) is 37.0. The van der Waals surface area contributed by atoms with E-state index in [1.807, 2.05) is 0 Å². The number of anilines is 4. The number of benzene rings is 5. The topological polar surface area (TPSA) is 6.48 Å². The number of hydrogen-bond acceptors (Lipinski definition) is 2. The maximum atomic E-state index is 2.91. The predicted octanol–water partition coefficient (Wildman–Crippen LogP) is 8.55. The lowest BCUT2D eigenvalue weighted by Crippen LogP contribution is -2.64. The fourth-order valence-corrected chi connectivity index (χ4v) is 10.6. The largest absolute Gasteiger partial charge is 0.345 e. The van der Waals surface area contributed by atoms with E-state index in [9.17, 15) is 0 Å². The van der Waals surface area contributed by atoms with E-state index in [0.29, 0.717) is 0 Å². The molecule has 46 heavy (non-hydrogen) atoms. The summed E-state index contributed by atoms with van der Waals surface area (Å²) in [5.41, 5.74) is 20.7. The van der Waals surface area contributed by atoms with Crippen LogP contribution in [0, 0.1) is 0 Å². The van der Waals surface area contributed by atoms with E-state index in [0.717, 1.165) is 0 Å². The van der Waals surface area contributed by atoms with Crippen molar-refractivity contribution in [2.75, 3.05) is 16.8 Å². The monoisotopic (exact) mass is 596 g/mol. The van der Waals surface area contributed by atoms with Crippen molar-refractivity contribution in [2.45, 2.75) is 76.2 Å². The molecule has 5 aromatic carbocycles. The van der Waals surface area contributed by atoms with Crippen LogP contribution < -0.4 is 26.2 Å². The molecular formula is C43H41BN2. The summed E-state index contributed by atoms with van der Waals surface area (Å²) >= 11 is 0. The van der Waals surface area contributed by atoms with Crippen molar-refractivity contribution < 1.29 is 0 Å². The van der Waals surface area contributed by atoms with E-state index < -0.39 is 0 Å². The maximum absolute atomic E-state index is 2.91. The first-order valence-electron chi connectivity index (χ1n) is 17.6. The zero-order chi connectivity index (χ0) is 30.8. The standard InChI is InChI=1S/C43H41BN2/c1-42-22-11-12-23-43(42,2)46-38-27-32(30-18-13-17-29(24-30)28-14-5-4-6-15-28)26-37-40(38)44(34-20-9-10-21-36(34)45(37)3)35-25-31-16-7-8-19-33(31)39(42)41(35)46/h4-6,9-10,13-15,17-18,20-21,24-27H,7-8,11-12,16,19,22-23H2,1-3H3/t42-,43?/m0/s1. The summed E-state index contributed by atoms with van der Waals surface area (Å²) in [4.78, 5) is 5.39. The van der Waals surface area contributed by atoms with Crippen molar-refractivity contribution in [1.29, 1.82) is 0 Å². The third kappa shape index (κ3) is 3.34. The van der Waals surface area contributed by atoms with E-state index in [2.05, 4.69) is 128 Å². The van der Waals surface area contributed by atoms with Gasteiger partial charge in [-0.2, -0.15) is 0 Å². The SMILES string of the molecule is CN1c2ccccc2B2c3cc4c(c5c3N(c3cc(-c6cccc(-c7ccccc7)c6)cc1c32)C1(C)CCCC[C@@]51C)CCCC4. The van der Waals surface area contributed by atoms with Gasteiger partial charge < -0.3 is 9.80 Å². The molecule has 1 fully saturated rings. The van der Waals surface area contributed by atoms with Gasteiger partial charge in [-0.15, -0.1) is 0 Å². The summed E-state index contributed by atoms with van der Waals surface area (Å²) in [6.45, 7) is 5.53. The Morgan fingerprint density at radius 3 is 2.20 bits per heavy atom. The van der Waals surface area contributed by atoms with Gasteiger partial charge in [-0.1, -0.05) is 92.6 Å². The molecule has 0 aromatic heterocycles. The van der Waals surface area contributed by atoms with Crippen molar-refractivity contribution in [3.05, 3.63) is 114 Å². The van der Waals surface area contributed by atoms with E-state index in [-0.39, 0.29) is 17.7 Å². The third-order valence-corrected chi connectivity index (χ3v) is 13.0. The van der Waals surface area contributed by atoms with Crippen LogP contribution >= 0.6 is 0 Å². The van der Waals surface area contributed by atoms with Crippen molar-refractivity contribution in [3.8, 4) is 22.3 Å². The number of hydrogen-bond donors (Lipinski definition) is 0. The Morgan fingerprint density at radius 1 is 0.609 bits per heavy atom. The second kappa shape index (κ2) is 9.41. The molecular weight excluding hydrogens is 555 g/mol. The molecule has 0 saturated heterocycles. The Kier molecular flexibility index (Phi) is 5.51. The van der Waals surface area contributed by atoms with Crippen LogP contribution in [0.15, 0.2) is 97.1 Å². The first-order valence-corrected chi connectivity index (χ1v) is 17.6. The van der Waals surface area contributed by atoms with Gasteiger partial charge in [0.2, 0.25) is 0 Å². The highest BCUT2D eigenvalue weighted by atomic mass is 15.3. The van der Waals surface area contributed by atoms with E-state index in [4.69, 9.17) is 0 Å². The smallest absolute Gasteiger partial charge is 0.252 e. The van der Waals surface area contributed by atoms with Crippen molar-refractivity contribution in [1.82, 2.24) is 0 Å². The van der Waals surface area contributed by atoms with Crippen LogP contribution in [0.4, 0.5) is 22.7 Å². The molecule has 0 spiro atoms. The highest BCUT2D eigenvalue weighted by Crippen LogP contribution is 2.63. The van der Waals surface area contributed by atoms with Gasteiger partial charge in [0, 0.05) is 35.2 Å². The Bertz CT molecular complexity index is 2080. The van der Waals surface area contributed by atoms with Crippen LogP contribution in [0.3, 0.4) is 0 Å². The van der Waals surface area contributed by atoms with Crippen LogP contribution in [0.1, 0.15) is 69.1 Å².